The predicted molar refractivity (Wildman–Crippen MR) is 107 cm³/mol. The quantitative estimate of drug-likeness (QED) is 0.775. The van der Waals surface area contributed by atoms with Crippen LogP contribution in [0.2, 0.25) is 0 Å². The number of urea groups is 1. The van der Waals surface area contributed by atoms with Crippen molar-refractivity contribution in [2.24, 2.45) is 5.92 Å². The topological polar surface area (TPSA) is 104 Å². The highest BCUT2D eigenvalue weighted by Crippen LogP contribution is 2.20. The number of thiazole rings is 1. The number of ether oxygens (including phenoxy) is 1. The maximum absolute atomic E-state index is 13.2. The first-order chi connectivity index (χ1) is 13.1. The van der Waals surface area contributed by atoms with Crippen molar-refractivity contribution >= 4 is 34.5 Å². The first-order valence-corrected chi connectivity index (χ1v) is 10.3. The average molecular weight is 412 g/mol. The molecule has 0 aromatic carbocycles. The molecule has 1 aliphatic rings. The van der Waals surface area contributed by atoms with Crippen LogP contribution in [-0.4, -0.2) is 57.8 Å². The Bertz CT molecular complexity index is 689. The van der Waals surface area contributed by atoms with E-state index in [-0.39, 0.29) is 11.8 Å². The van der Waals surface area contributed by atoms with Crippen LogP contribution in [0.3, 0.4) is 0 Å². The van der Waals surface area contributed by atoms with E-state index in [1.165, 1.54) is 21.4 Å². The highest BCUT2D eigenvalue weighted by molar-refractivity contribution is 7.13. The van der Waals surface area contributed by atoms with Crippen molar-refractivity contribution in [2.75, 3.05) is 18.4 Å². The number of anilines is 1. The van der Waals surface area contributed by atoms with Gasteiger partial charge in [0.15, 0.2) is 5.13 Å². The Kier molecular flexibility index (Phi) is 7.22. The van der Waals surface area contributed by atoms with E-state index < -0.39 is 23.8 Å². The van der Waals surface area contributed by atoms with Gasteiger partial charge in [-0.1, -0.05) is 20.3 Å². The molecule has 2 N–H and O–H groups in total. The lowest BCUT2D eigenvalue weighted by molar-refractivity contribution is -0.143. The number of nitrogens with zero attached hydrogens (tertiary/aromatic N) is 3. The smallest absolute Gasteiger partial charge is 0.408 e. The van der Waals surface area contributed by atoms with Crippen LogP contribution in [-0.2, 0) is 9.53 Å². The van der Waals surface area contributed by atoms with Crippen molar-refractivity contribution in [3.05, 3.63) is 11.6 Å². The molecule has 0 radical (unpaired) electrons. The van der Waals surface area contributed by atoms with E-state index in [9.17, 15) is 14.4 Å². The lowest BCUT2D eigenvalue weighted by atomic mass is 9.98. The third-order valence-corrected chi connectivity index (χ3v) is 5.01. The fraction of sp³-hybridized carbons (Fsp3) is 0.667. The summed E-state index contributed by atoms with van der Waals surface area (Å²) in [6.45, 7) is 9.94. The van der Waals surface area contributed by atoms with E-state index in [0.717, 1.165) is 0 Å². The molecule has 2 atom stereocenters. The highest BCUT2D eigenvalue weighted by Gasteiger charge is 2.38. The zero-order valence-corrected chi connectivity index (χ0v) is 17.8. The Morgan fingerprint density at radius 1 is 1.29 bits per heavy atom. The fourth-order valence-electron chi connectivity index (χ4n) is 2.77. The Labute approximate surface area is 169 Å². The molecule has 1 aromatic heterocycles. The van der Waals surface area contributed by atoms with Crippen LogP contribution < -0.4 is 10.6 Å². The minimum atomic E-state index is -0.784. The summed E-state index contributed by atoms with van der Waals surface area (Å²) >= 11 is 1.30. The molecule has 0 saturated carbocycles. The van der Waals surface area contributed by atoms with Crippen molar-refractivity contribution < 1.29 is 19.1 Å². The summed E-state index contributed by atoms with van der Waals surface area (Å²) in [6.07, 6.45) is 2.29. The number of amides is 4. The van der Waals surface area contributed by atoms with Gasteiger partial charge in [-0.25, -0.2) is 24.6 Å². The molecular formula is C18H29N5O4S. The lowest BCUT2D eigenvalue weighted by Gasteiger charge is -2.33. The molecule has 28 heavy (non-hydrogen) atoms. The molecule has 0 aliphatic carbocycles. The standard InChI is InChI=1S/C18H29N5O4S/c1-6-12(2)13(20-17(26)27-18(3,4)5)14(24)22-9-7-10-23(22)16(25)21-15-19-8-11-28-15/h8,11-13H,6-7,9-10H2,1-5H3,(H,20,26)(H,19,21,25). The van der Waals surface area contributed by atoms with Crippen molar-refractivity contribution in [1.29, 1.82) is 0 Å². The molecule has 1 saturated heterocycles. The molecule has 2 unspecified atom stereocenters. The third-order valence-electron chi connectivity index (χ3n) is 4.32. The number of hydrazine groups is 1. The normalized spacial score (nSPS) is 16.5. The molecule has 0 spiro atoms. The van der Waals surface area contributed by atoms with Gasteiger partial charge in [-0.2, -0.15) is 0 Å². The van der Waals surface area contributed by atoms with Gasteiger partial charge in [0.2, 0.25) is 0 Å². The van der Waals surface area contributed by atoms with Gasteiger partial charge >= 0.3 is 12.1 Å². The average Bonchev–Trinajstić information content (AvgIpc) is 3.28. The Hall–Kier alpha value is -2.36. The van der Waals surface area contributed by atoms with Gasteiger partial charge in [0, 0.05) is 24.7 Å². The van der Waals surface area contributed by atoms with Gasteiger partial charge < -0.3 is 10.1 Å². The Balaban J connectivity index is 2.10. The number of carbonyl (C=O) groups excluding carboxylic acids is 3. The summed E-state index contributed by atoms with van der Waals surface area (Å²) in [5.74, 6) is -0.448. The molecule has 4 amide bonds. The molecule has 156 valence electrons. The van der Waals surface area contributed by atoms with Gasteiger partial charge in [-0.15, -0.1) is 11.3 Å². The number of hydrogen-bond acceptors (Lipinski definition) is 6. The van der Waals surface area contributed by atoms with Crippen LogP contribution in [0.1, 0.15) is 47.5 Å². The van der Waals surface area contributed by atoms with Crippen LogP contribution in [0.25, 0.3) is 0 Å². The van der Waals surface area contributed by atoms with Crippen molar-refractivity contribution in [3.8, 4) is 0 Å². The highest BCUT2D eigenvalue weighted by atomic mass is 32.1. The second-order valence-electron chi connectivity index (χ2n) is 7.71. The molecule has 2 heterocycles. The van der Waals surface area contributed by atoms with E-state index in [0.29, 0.717) is 31.1 Å². The summed E-state index contributed by atoms with van der Waals surface area (Å²) in [4.78, 5) is 42.0. The van der Waals surface area contributed by atoms with Crippen molar-refractivity contribution in [2.45, 2.75) is 59.1 Å². The first-order valence-electron chi connectivity index (χ1n) is 9.41. The molecule has 10 heteroatoms. The van der Waals surface area contributed by atoms with E-state index in [1.54, 1.807) is 32.3 Å². The van der Waals surface area contributed by atoms with Crippen LogP contribution in [0, 0.1) is 5.92 Å². The van der Waals surface area contributed by atoms with E-state index in [1.807, 2.05) is 13.8 Å². The molecule has 1 aliphatic heterocycles. The van der Waals surface area contributed by atoms with E-state index in [2.05, 4.69) is 15.6 Å². The minimum absolute atomic E-state index is 0.121. The maximum atomic E-state index is 13.2. The zero-order chi connectivity index (χ0) is 20.9. The summed E-state index contributed by atoms with van der Waals surface area (Å²) < 4.78 is 5.30. The minimum Gasteiger partial charge on any atom is -0.444 e. The Morgan fingerprint density at radius 2 is 1.96 bits per heavy atom. The fourth-order valence-corrected chi connectivity index (χ4v) is 3.29. The lowest BCUT2D eigenvalue weighted by Crippen LogP contribution is -2.56. The summed E-state index contributed by atoms with van der Waals surface area (Å²) in [5.41, 5.74) is -0.666. The first kappa shape index (κ1) is 21.9. The third kappa shape index (κ3) is 5.82. The summed E-state index contributed by atoms with van der Waals surface area (Å²) in [5, 5.41) is 10.4. The monoisotopic (exact) mass is 411 g/mol. The van der Waals surface area contributed by atoms with E-state index in [4.69, 9.17) is 4.74 Å². The number of rotatable bonds is 5. The molecule has 1 fully saturated rings. The van der Waals surface area contributed by atoms with Gasteiger partial charge in [0.1, 0.15) is 11.6 Å². The number of hydrogen-bond donors (Lipinski definition) is 2. The number of nitrogens with one attached hydrogen (secondary N) is 2. The largest absolute Gasteiger partial charge is 0.444 e. The van der Waals surface area contributed by atoms with Crippen LogP contribution >= 0.6 is 11.3 Å². The van der Waals surface area contributed by atoms with Crippen LogP contribution in [0.5, 0.6) is 0 Å². The SMILES string of the molecule is CCC(C)C(NC(=O)OC(C)(C)C)C(=O)N1CCCN1C(=O)Nc1nccs1. The Morgan fingerprint density at radius 3 is 2.54 bits per heavy atom. The van der Waals surface area contributed by atoms with Crippen molar-refractivity contribution in [3.63, 3.8) is 0 Å². The predicted octanol–water partition coefficient (Wildman–Crippen LogP) is 3.06. The molecule has 9 nitrogen and oxygen atoms in total. The van der Waals surface area contributed by atoms with Crippen LogP contribution in [0.4, 0.5) is 14.7 Å². The molecule has 1 aromatic rings. The van der Waals surface area contributed by atoms with Crippen LogP contribution in [0.15, 0.2) is 11.6 Å². The molecule has 0 bridgehead atoms. The summed E-state index contributed by atoms with van der Waals surface area (Å²) in [7, 11) is 0. The maximum Gasteiger partial charge on any atom is 0.408 e. The van der Waals surface area contributed by atoms with Gasteiger partial charge in [0.25, 0.3) is 5.91 Å². The molecular weight excluding hydrogens is 382 g/mol. The van der Waals surface area contributed by atoms with Gasteiger partial charge in [-0.3, -0.25) is 10.1 Å². The van der Waals surface area contributed by atoms with Crippen molar-refractivity contribution in [1.82, 2.24) is 20.3 Å². The second-order valence-corrected chi connectivity index (χ2v) is 8.61. The van der Waals surface area contributed by atoms with Gasteiger partial charge in [-0.05, 0) is 33.1 Å². The number of carbonyl (C=O) groups is 3. The van der Waals surface area contributed by atoms with Gasteiger partial charge in [0.05, 0.1) is 0 Å². The number of aromatic nitrogens is 1. The van der Waals surface area contributed by atoms with E-state index >= 15 is 0 Å². The second kappa shape index (κ2) is 9.22. The molecule has 2 rings (SSSR count). The number of alkyl carbamates (subject to hydrolysis) is 1. The zero-order valence-electron chi connectivity index (χ0n) is 17.0. The summed E-state index contributed by atoms with van der Waals surface area (Å²) in [6, 6.07) is -1.20.